The fourth-order valence-electron chi connectivity index (χ4n) is 4.43. The van der Waals surface area contributed by atoms with Crippen LogP contribution in [0.25, 0.3) is 0 Å². The van der Waals surface area contributed by atoms with Crippen LogP contribution in [0.1, 0.15) is 43.1 Å². The Bertz CT molecular complexity index is 1050. The fraction of sp³-hybridized carbons (Fsp3) is 0.478. The Morgan fingerprint density at radius 1 is 0.694 bits per heavy atom. The average molecular weight is 530 g/mol. The lowest BCUT2D eigenvalue weighted by atomic mass is 9.91. The summed E-state index contributed by atoms with van der Waals surface area (Å²) in [6, 6.07) is 1.01. The van der Waals surface area contributed by atoms with E-state index in [0.717, 1.165) is 25.7 Å². The van der Waals surface area contributed by atoms with E-state index in [0.29, 0.717) is 18.1 Å². The molecule has 2 aromatic rings. The lowest BCUT2D eigenvalue weighted by Gasteiger charge is -2.33. The van der Waals surface area contributed by atoms with Crippen molar-refractivity contribution in [2.24, 2.45) is 11.8 Å². The van der Waals surface area contributed by atoms with Crippen molar-refractivity contribution in [2.45, 2.75) is 44.4 Å². The number of rotatable bonds is 6. The molecule has 0 amide bonds. The van der Waals surface area contributed by atoms with Gasteiger partial charge < -0.3 is 18.9 Å². The van der Waals surface area contributed by atoms with E-state index in [1.165, 1.54) is 0 Å². The zero-order valence-electron chi connectivity index (χ0n) is 18.3. The molecule has 1 heterocycles. The largest absolute Gasteiger partial charge is 0.573 e. The van der Waals surface area contributed by atoms with Crippen molar-refractivity contribution in [1.82, 2.24) is 0 Å². The molecule has 1 aliphatic heterocycles. The Morgan fingerprint density at radius 2 is 1.22 bits per heavy atom. The number of benzene rings is 2. The van der Waals surface area contributed by atoms with Crippen LogP contribution in [0, 0.1) is 35.1 Å². The highest BCUT2D eigenvalue weighted by atomic mass is 19.4. The molecule has 2 aliphatic rings. The molecule has 13 heteroatoms. The van der Waals surface area contributed by atoms with Crippen LogP contribution < -0.4 is 9.47 Å². The molecule has 2 aromatic carbocycles. The highest BCUT2D eigenvalue weighted by Crippen LogP contribution is 2.40. The summed E-state index contributed by atoms with van der Waals surface area (Å²) in [7, 11) is 0. The van der Waals surface area contributed by atoms with Gasteiger partial charge in [0, 0.05) is 23.6 Å². The summed E-state index contributed by atoms with van der Waals surface area (Å²) in [4.78, 5) is 0. The summed E-state index contributed by atoms with van der Waals surface area (Å²) in [5.41, 5.74) is -2.09. The second-order valence-corrected chi connectivity index (χ2v) is 8.55. The summed E-state index contributed by atoms with van der Waals surface area (Å²) >= 11 is 0. The summed E-state index contributed by atoms with van der Waals surface area (Å²) in [5, 5.41) is 0. The first-order chi connectivity index (χ1) is 16.8. The van der Waals surface area contributed by atoms with Crippen molar-refractivity contribution in [3.8, 4) is 11.5 Å². The maximum atomic E-state index is 14.6. The first-order valence-electron chi connectivity index (χ1n) is 10.9. The van der Waals surface area contributed by atoms with Gasteiger partial charge in [-0.05, 0) is 18.1 Å². The molecule has 36 heavy (non-hydrogen) atoms. The van der Waals surface area contributed by atoms with Crippen LogP contribution in [0.2, 0.25) is 0 Å². The average Bonchev–Trinajstić information content (AvgIpc) is 3.30. The van der Waals surface area contributed by atoms with Crippen LogP contribution in [0.5, 0.6) is 11.5 Å². The maximum Gasteiger partial charge on any atom is 0.573 e. The molecule has 0 spiro atoms. The van der Waals surface area contributed by atoms with Gasteiger partial charge in [0.2, 0.25) is 5.75 Å². The minimum atomic E-state index is -5.47. The van der Waals surface area contributed by atoms with Gasteiger partial charge in [0.05, 0.1) is 13.2 Å². The SMILES string of the molecule is Fc1cc(OC(F)(F)c2c(F)cc(C3OCC(C4CCCC4)CO3)cc2F)cc(F)c1OC(F)(F)F. The van der Waals surface area contributed by atoms with Crippen molar-refractivity contribution in [1.29, 1.82) is 0 Å². The van der Waals surface area contributed by atoms with Crippen molar-refractivity contribution < 1.29 is 58.5 Å². The van der Waals surface area contributed by atoms with E-state index in [2.05, 4.69) is 9.47 Å². The lowest BCUT2D eigenvalue weighted by Crippen LogP contribution is -2.32. The first kappa shape index (κ1) is 26.4. The molecule has 4 rings (SSSR count). The van der Waals surface area contributed by atoms with Crippen LogP contribution >= 0.6 is 0 Å². The molecule has 0 atom stereocenters. The normalized spacial score (nSPS) is 21.6. The smallest absolute Gasteiger partial charge is 0.429 e. The minimum Gasteiger partial charge on any atom is -0.429 e. The van der Waals surface area contributed by atoms with Crippen molar-refractivity contribution in [3.05, 3.63) is 58.7 Å². The van der Waals surface area contributed by atoms with Gasteiger partial charge in [-0.15, -0.1) is 13.2 Å². The third-order valence-corrected chi connectivity index (χ3v) is 6.05. The molecule has 0 N–H and O–H groups in total. The molecule has 1 saturated heterocycles. The summed E-state index contributed by atoms with van der Waals surface area (Å²) < 4.78 is 141. The molecular weight excluding hydrogens is 511 g/mol. The van der Waals surface area contributed by atoms with Gasteiger partial charge in [-0.3, -0.25) is 0 Å². The Kier molecular flexibility index (Phi) is 7.33. The van der Waals surface area contributed by atoms with Gasteiger partial charge in [0.1, 0.15) is 22.9 Å². The van der Waals surface area contributed by atoms with Crippen LogP contribution in [-0.4, -0.2) is 19.6 Å². The Hall–Kier alpha value is -2.67. The Labute approximate surface area is 198 Å². The van der Waals surface area contributed by atoms with Crippen LogP contribution in [0.3, 0.4) is 0 Å². The van der Waals surface area contributed by atoms with Crippen molar-refractivity contribution in [2.75, 3.05) is 13.2 Å². The van der Waals surface area contributed by atoms with E-state index in [1.54, 1.807) is 0 Å². The van der Waals surface area contributed by atoms with Crippen LogP contribution in [-0.2, 0) is 15.6 Å². The standard InChI is InChI=1S/C23H19F9O4/c24-15-5-12(21-33-9-13(10-34-21)11-3-1-2-4-11)6-16(25)19(15)22(28,29)35-14-7-17(26)20(18(27)8-14)36-23(30,31)32/h5-8,11,13,21H,1-4,9-10H2. The van der Waals surface area contributed by atoms with E-state index in [9.17, 15) is 39.5 Å². The van der Waals surface area contributed by atoms with Crippen molar-refractivity contribution in [3.63, 3.8) is 0 Å². The van der Waals surface area contributed by atoms with E-state index in [-0.39, 0.29) is 36.8 Å². The van der Waals surface area contributed by atoms with Gasteiger partial charge in [0.15, 0.2) is 17.9 Å². The number of hydrogen-bond donors (Lipinski definition) is 0. The predicted octanol–water partition coefficient (Wildman–Crippen LogP) is 7.12. The number of halogens is 9. The van der Waals surface area contributed by atoms with Crippen molar-refractivity contribution >= 4 is 0 Å². The molecule has 4 nitrogen and oxygen atoms in total. The molecule has 0 radical (unpaired) electrons. The number of alkyl halides is 5. The maximum absolute atomic E-state index is 14.6. The number of ether oxygens (including phenoxy) is 4. The fourth-order valence-corrected chi connectivity index (χ4v) is 4.43. The molecule has 198 valence electrons. The third-order valence-electron chi connectivity index (χ3n) is 6.05. The van der Waals surface area contributed by atoms with Gasteiger partial charge in [-0.1, -0.05) is 25.7 Å². The van der Waals surface area contributed by atoms with E-state index in [1.807, 2.05) is 0 Å². The second kappa shape index (κ2) is 10.0. The lowest BCUT2D eigenvalue weighted by molar-refractivity contribution is -0.276. The molecule has 0 bridgehead atoms. The Morgan fingerprint density at radius 3 is 1.72 bits per heavy atom. The van der Waals surface area contributed by atoms with E-state index in [4.69, 9.17) is 9.47 Å². The zero-order valence-corrected chi connectivity index (χ0v) is 18.3. The monoisotopic (exact) mass is 530 g/mol. The van der Waals surface area contributed by atoms with Gasteiger partial charge in [-0.25, -0.2) is 17.6 Å². The highest BCUT2D eigenvalue weighted by molar-refractivity contribution is 5.36. The molecule has 1 saturated carbocycles. The highest BCUT2D eigenvalue weighted by Gasteiger charge is 2.43. The molecule has 1 aliphatic carbocycles. The predicted molar refractivity (Wildman–Crippen MR) is 104 cm³/mol. The summed E-state index contributed by atoms with van der Waals surface area (Å²) in [6.07, 6.45) is -7.21. The Balaban J connectivity index is 1.50. The topological polar surface area (TPSA) is 36.9 Å². The molecule has 2 fully saturated rings. The third kappa shape index (κ3) is 5.83. The van der Waals surface area contributed by atoms with E-state index < -0.39 is 59.1 Å². The van der Waals surface area contributed by atoms with Crippen LogP contribution in [0.4, 0.5) is 39.5 Å². The van der Waals surface area contributed by atoms with E-state index >= 15 is 0 Å². The summed E-state index contributed by atoms with van der Waals surface area (Å²) in [6.45, 7) is 0.537. The van der Waals surface area contributed by atoms with Crippen LogP contribution in [0.15, 0.2) is 24.3 Å². The van der Waals surface area contributed by atoms with Gasteiger partial charge in [-0.2, -0.15) is 8.78 Å². The zero-order chi connectivity index (χ0) is 26.3. The quantitative estimate of drug-likeness (QED) is 0.373. The first-order valence-corrected chi connectivity index (χ1v) is 10.9. The molecule has 0 unspecified atom stereocenters. The van der Waals surface area contributed by atoms with Gasteiger partial charge in [0.25, 0.3) is 0 Å². The minimum absolute atomic E-state index is 0.0489. The van der Waals surface area contributed by atoms with Gasteiger partial charge >= 0.3 is 12.5 Å². The second-order valence-electron chi connectivity index (χ2n) is 8.55. The number of hydrogen-bond acceptors (Lipinski definition) is 4. The summed E-state index contributed by atoms with van der Waals surface area (Å²) in [5.74, 6) is -10.3. The molecular formula is C23H19F9O4. The molecule has 0 aromatic heterocycles.